The van der Waals surface area contributed by atoms with E-state index in [-0.39, 0.29) is 24.5 Å². The van der Waals surface area contributed by atoms with Crippen molar-refractivity contribution in [2.45, 2.75) is 44.2 Å². The van der Waals surface area contributed by atoms with Gasteiger partial charge in [-0.3, -0.25) is 4.57 Å². The Bertz CT molecular complexity index is 721. The van der Waals surface area contributed by atoms with Crippen LogP contribution in [0.3, 0.4) is 0 Å². The van der Waals surface area contributed by atoms with Gasteiger partial charge in [0.15, 0.2) is 23.5 Å². The van der Waals surface area contributed by atoms with Gasteiger partial charge in [-0.2, -0.15) is 12.6 Å². The van der Waals surface area contributed by atoms with E-state index in [4.69, 9.17) is 19.9 Å². The van der Waals surface area contributed by atoms with Crippen LogP contribution >= 0.6 is 12.6 Å². The molecule has 22 heavy (non-hydrogen) atoms. The maximum Gasteiger partial charge on any atom is 0.167 e. The number of anilines is 1. The number of hydrogen-bond acceptors (Lipinski definition) is 8. The first-order valence-corrected chi connectivity index (χ1v) is 7.68. The van der Waals surface area contributed by atoms with Crippen molar-refractivity contribution in [3.8, 4) is 0 Å². The van der Waals surface area contributed by atoms with Crippen molar-refractivity contribution in [3.05, 3.63) is 12.7 Å². The molecule has 4 atom stereocenters. The summed E-state index contributed by atoms with van der Waals surface area (Å²) in [6.45, 7) is 3.79. The summed E-state index contributed by atoms with van der Waals surface area (Å²) in [6, 6.07) is 0. The molecule has 2 aliphatic heterocycles. The standard InChI is InChI=1S/C13H17N5O3S/c1-13(2)20-8-6(3-22)19-12(9(8)21-13)18-5-17-7-10(14)15-4-16-11(7)18/h4-6,8-9,12,22H,3H2,1-2H3,(H2,14,15,16)/t6-,8-,9-,12-/m1/s1. The Morgan fingerprint density at radius 3 is 2.82 bits per heavy atom. The second-order valence-electron chi connectivity index (χ2n) is 5.90. The topological polar surface area (TPSA) is 97.3 Å². The van der Waals surface area contributed by atoms with Crippen LogP contribution < -0.4 is 5.73 Å². The number of nitrogens with zero attached hydrogens (tertiary/aromatic N) is 4. The van der Waals surface area contributed by atoms with Gasteiger partial charge in [-0.1, -0.05) is 0 Å². The third kappa shape index (κ3) is 2.00. The highest BCUT2D eigenvalue weighted by Crippen LogP contribution is 2.43. The van der Waals surface area contributed by atoms with E-state index >= 15 is 0 Å². The Morgan fingerprint density at radius 1 is 1.27 bits per heavy atom. The molecule has 4 rings (SSSR count). The van der Waals surface area contributed by atoms with Gasteiger partial charge in [-0.05, 0) is 13.8 Å². The normalized spacial score (nSPS) is 33.4. The number of nitrogen functional groups attached to an aromatic ring is 1. The third-order valence-electron chi connectivity index (χ3n) is 3.97. The number of hydrogen-bond donors (Lipinski definition) is 2. The molecule has 0 radical (unpaired) electrons. The largest absolute Gasteiger partial charge is 0.382 e. The van der Waals surface area contributed by atoms with Crippen molar-refractivity contribution in [3.63, 3.8) is 0 Å². The molecular formula is C13H17N5O3S. The molecule has 118 valence electrons. The molecule has 2 N–H and O–H groups in total. The number of aromatic nitrogens is 4. The second-order valence-corrected chi connectivity index (χ2v) is 6.26. The highest BCUT2D eigenvalue weighted by Gasteiger charge is 2.55. The molecule has 0 aromatic carbocycles. The fourth-order valence-corrected chi connectivity index (χ4v) is 3.38. The zero-order valence-electron chi connectivity index (χ0n) is 12.2. The van der Waals surface area contributed by atoms with Gasteiger partial charge in [0, 0.05) is 5.75 Å². The lowest BCUT2D eigenvalue weighted by Gasteiger charge is -2.24. The SMILES string of the molecule is CC1(C)O[C@@H]2[C@H](O1)[C@@H](CS)O[C@H]2n1cnc2c(N)ncnc21. The summed E-state index contributed by atoms with van der Waals surface area (Å²) < 4.78 is 19.8. The van der Waals surface area contributed by atoms with Crippen LogP contribution in [-0.4, -0.2) is 49.4 Å². The number of thiol groups is 1. The zero-order valence-corrected chi connectivity index (χ0v) is 13.1. The van der Waals surface area contributed by atoms with E-state index in [0.29, 0.717) is 22.7 Å². The van der Waals surface area contributed by atoms with Gasteiger partial charge >= 0.3 is 0 Å². The average molecular weight is 323 g/mol. The van der Waals surface area contributed by atoms with Crippen molar-refractivity contribution < 1.29 is 14.2 Å². The van der Waals surface area contributed by atoms with E-state index in [1.807, 2.05) is 18.4 Å². The maximum atomic E-state index is 6.06. The third-order valence-corrected chi connectivity index (χ3v) is 4.33. The molecule has 2 saturated heterocycles. The predicted octanol–water partition coefficient (Wildman–Crippen LogP) is 0.756. The summed E-state index contributed by atoms with van der Waals surface area (Å²) in [5.41, 5.74) is 7.00. The minimum absolute atomic E-state index is 0.156. The molecule has 0 amide bonds. The first-order valence-electron chi connectivity index (χ1n) is 7.05. The molecular weight excluding hydrogens is 306 g/mol. The van der Waals surface area contributed by atoms with Crippen LogP contribution in [0.5, 0.6) is 0 Å². The smallest absolute Gasteiger partial charge is 0.167 e. The summed E-state index contributed by atoms with van der Waals surface area (Å²) in [6.07, 6.45) is 2.09. The van der Waals surface area contributed by atoms with Crippen molar-refractivity contribution in [2.24, 2.45) is 0 Å². The molecule has 8 nitrogen and oxygen atoms in total. The van der Waals surface area contributed by atoms with Gasteiger partial charge < -0.3 is 19.9 Å². The summed E-state index contributed by atoms with van der Waals surface area (Å²) in [4.78, 5) is 12.5. The van der Waals surface area contributed by atoms with Gasteiger partial charge in [0.1, 0.15) is 24.1 Å². The van der Waals surface area contributed by atoms with Gasteiger partial charge in [0.25, 0.3) is 0 Å². The molecule has 0 aliphatic carbocycles. The first kappa shape index (κ1) is 14.2. The van der Waals surface area contributed by atoms with Crippen LogP contribution in [0.1, 0.15) is 20.1 Å². The van der Waals surface area contributed by atoms with Crippen molar-refractivity contribution in [1.82, 2.24) is 19.5 Å². The van der Waals surface area contributed by atoms with Gasteiger partial charge in [-0.15, -0.1) is 0 Å². The monoisotopic (exact) mass is 323 g/mol. The number of fused-ring (bicyclic) bond motifs is 2. The summed E-state index contributed by atoms with van der Waals surface area (Å²) >= 11 is 4.35. The van der Waals surface area contributed by atoms with Gasteiger partial charge in [0.2, 0.25) is 0 Å². The van der Waals surface area contributed by atoms with E-state index in [9.17, 15) is 0 Å². The van der Waals surface area contributed by atoms with Crippen molar-refractivity contribution in [2.75, 3.05) is 11.5 Å². The van der Waals surface area contributed by atoms with Crippen LogP contribution in [-0.2, 0) is 14.2 Å². The van der Waals surface area contributed by atoms with Crippen LogP contribution in [0.2, 0.25) is 0 Å². The molecule has 4 heterocycles. The minimum Gasteiger partial charge on any atom is -0.382 e. The zero-order chi connectivity index (χ0) is 15.5. The van der Waals surface area contributed by atoms with E-state index in [1.54, 1.807) is 6.33 Å². The van der Waals surface area contributed by atoms with Gasteiger partial charge in [-0.25, -0.2) is 15.0 Å². The lowest BCUT2D eigenvalue weighted by atomic mass is 10.1. The number of imidazole rings is 1. The molecule has 9 heteroatoms. The number of nitrogens with two attached hydrogens (primary N) is 1. The fraction of sp³-hybridized carbons (Fsp3) is 0.615. The quantitative estimate of drug-likeness (QED) is 0.787. The Balaban J connectivity index is 1.77. The molecule has 0 unspecified atom stereocenters. The van der Waals surface area contributed by atoms with E-state index < -0.39 is 5.79 Å². The summed E-state index contributed by atoms with van der Waals surface area (Å²) in [5, 5.41) is 0. The number of rotatable bonds is 2. The molecule has 2 aromatic rings. The Hall–Kier alpha value is -1.42. The molecule has 2 aromatic heterocycles. The van der Waals surface area contributed by atoms with Crippen LogP contribution in [0, 0.1) is 0 Å². The Morgan fingerprint density at radius 2 is 2.05 bits per heavy atom. The highest BCUT2D eigenvalue weighted by molar-refractivity contribution is 7.80. The molecule has 0 bridgehead atoms. The predicted molar refractivity (Wildman–Crippen MR) is 81.3 cm³/mol. The van der Waals surface area contributed by atoms with Crippen LogP contribution in [0.4, 0.5) is 5.82 Å². The molecule has 2 aliphatic rings. The first-order chi connectivity index (χ1) is 10.5. The average Bonchev–Trinajstić information content (AvgIpc) is 3.10. The minimum atomic E-state index is -0.650. The highest BCUT2D eigenvalue weighted by atomic mass is 32.1. The second kappa shape index (κ2) is 4.79. The van der Waals surface area contributed by atoms with Gasteiger partial charge in [0.05, 0.1) is 12.4 Å². The fourth-order valence-electron chi connectivity index (χ4n) is 3.09. The van der Waals surface area contributed by atoms with E-state index in [2.05, 4.69) is 27.6 Å². The van der Waals surface area contributed by atoms with Crippen molar-refractivity contribution in [1.29, 1.82) is 0 Å². The van der Waals surface area contributed by atoms with Crippen LogP contribution in [0.15, 0.2) is 12.7 Å². The van der Waals surface area contributed by atoms with Crippen LogP contribution in [0.25, 0.3) is 11.2 Å². The molecule has 0 saturated carbocycles. The van der Waals surface area contributed by atoms with E-state index in [1.165, 1.54) is 6.33 Å². The summed E-state index contributed by atoms with van der Waals surface area (Å²) in [5.74, 6) is 0.233. The Labute approximate surface area is 132 Å². The number of ether oxygens (including phenoxy) is 3. The molecule has 2 fully saturated rings. The lowest BCUT2D eigenvalue weighted by Crippen LogP contribution is -2.30. The lowest BCUT2D eigenvalue weighted by molar-refractivity contribution is -0.193. The maximum absolute atomic E-state index is 6.06. The molecule has 0 spiro atoms. The van der Waals surface area contributed by atoms with Crippen molar-refractivity contribution >= 4 is 29.6 Å². The summed E-state index contributed by atoms with van der Waals surface area (Å²) in [7, 11) is 0. The Kier molecular flexibility index (Phi) is 3.09. The van der Waals surface area contributed by atoms with E-state index in [0.717, 1.165) is 0 Å².